The quantitative estimate of drug-likeness (QED) is 0.403. The average molecular weight is 539 g/mol. The molecule has 11 heteroatoms. The minimum Gasteiger partial charge on any atom is -0.356 e. The molecule has 4 unspecified atom stereocenters. The number of piperidine rings is 1. The van der Waals surface area contributed by atoms with Crippen LogP contribution in [0.5, 0.6) is 0 Å². The third kappa shape index (κ3) is 5.32. The van der Waals surface area contributed by atoms with Gasteiger partial charge in [0.1, 0.15) is 6.04 Å². The van der Waals surface area contributed by atoms with E-state index in [1.165, 1.54) is 5.56 Å². The third-order valence-electron chi connectivity index (χ3n) is 9.58. The van der Waals surface area contributed by atoms with Crippen LogP contribution in [0.4, 0.5) is 0 Å². The van der Waals surface area contributed by atoms with E-state index in [0.717, 1.165) is 44.2 Å². The number of nitrogens with zero attached hydrogens (tertiary/aromatic N) is 3. The van der Waals surface area contributed by atoms with Crippen molar-refractivity contribution in [3.05, 3.63) is 17.5 Å². The molecule has 1 aromatic heterocycles. The number of fused-ring (bicyclic) bond motifs is 1. The number of carbonyl (C=O) groups excluding carboxylic acids is 5. The van der Waals surface area contributed by atoms with Gasteiger partial charge in [-0.05, 0) is 75.2 Å². The normalized spacial score (nSPS) is 27.9. The standard InChI is InChI=1S/C28H38N6O5/c1-33-21-13-17(2-3-18(21)15-30-33)27(39)34-11-9-28(7-8-28)14-22(34)25(37)32-20(12-16-6-10-29-24(16)36)23(35)26(38)31-19-4-5-19/h15-17,19-20,22H,2-14H2,1H3,(H,29,36)(H,31,38)(H,32,37). The van der Waals surface area contributed by atoms with Gasteiger partial charge in [0.15, 0.2) is 0 Å². The summed E-state index contributed by atoms with van der Waals surface area (Å²) in [5, 5.41) is 12.7. The molecule has 11 nitrogen and oxygen atoms in total. The number of amides is 4. The fourth-order valence-corrected chi connectivity index (χ4v) is 6.65. The molecule has 4 fully saturated rings. The Hall–Kier alpha value is -3.24. The molecule has 1 aromatic rings. The first-order chi connectivity index (χ1) is 18.7. The van der Waals surface area contributed by atoms with Gasteiger partial charge in [-0.25, -0.2) is 0 Å². The Kier molecular flexibility index (Phi) is 6.71. The highest BCUT2D eigenvalue weighted by atomic mass is 16.2. The zero-order chi connectivity index (χ0) is 27.3. The molecular weight excluding hydrogens is 500 g/mol. The van der Waals surface area contributed by atoms with Gasteiger partial charge < -0.3 is 20.9 Å². The van der Waals surface area contributed by atoms with Crippen molar-refractivity contribution in [2.24, 2.45) is 24.3 Å². The predicted octanol–water partition coefficient (Wildman–Crippen LogP) is 0.155. The van der Waals surface area contributed by atoms with Crippen LogP contribution in [-0.2, 0) is 43.9 Å². The third-order valence-corrected chi connectivity index (χ3v) is 9.58. The monoisotopic (exact) mass is 538 g/mol. The predicted molar refractivity (Wildman–Crippen MR) is 139 cm³/mol. The van der Waals surface area contributed by atoms with Gasteiger partial charge in [0.2, 0.25) is 23.5 Å². The first kappa shape index (κ1) is 26.0. The lowest BCUT2D eigenvalue weighted by Crippen LogP contribution is -2.59. The second-order valence-electron chi connectivity index (χ2n) is 12.4. The number of carbonyl (C=O) groups is 5. The van der Waals surface area contributed by atoms with Gasteiger partial charge in [-0.1, -0.05) is 0 Å². The zero-order valence-electron chi connectivity index (χ0n) is 22.5. The first-order valence-electron chi connectivity index (χ1n) is 14.5. The summed E-state index contributed by atoms with van der Waals surface area (Å²) in [5.41, 5.74) is 2.32. The second kappa shape index (κ2) is 10.1. The second-order valence-corrected chi connectivity index (χ2v) is 12.4. The number of ketones is 1. The summed E-state index contributed by atoms with van der Waals surface area (Å²) < 4.78 is 1.83. The van der Waals surface area contributed by atoms with E-state index < -0.39 is 35.6 Å². The van der Waals surface area contributed by atoms with Crippen molar-refractivity contribution in [3.63, 3.8) is 0 Å². The van der Waals surface area contributed by atoms with Gasteiger partial charge in [0.25, 0.3) is 5.91 Å². The molecular formula is C28H38N6O5. The Morgan fingerprint density at radius 2 is 1.95 bits per heavy atom. The average Bonchev–Trinajstić information content (AvgIpc) is 3.83. The van der Waals surface area contributed by atoms with Gasteiger partial charge in [-0.3, -0.25) is 28.7 Å². The molecule has 0 radical (unpaired) electrons. The first-order valence-corrected chi connectivity index (χ1v) is 14.5. The molecule has 2 saturated carbocycles. The van der Waals surface area contributed by atoms with Crippen molar-refractivity contribution in [2.45, 2.75) is 88.8 Å². The highest BCUT2D eigenvalue weighted by Crippen LogP contribution is 2.55. The number of nitrogens with one attached hydrogen (secondary N) is 3. The van der Waals surface area contributed by atoms with Crippen LogP contribution in [0.15, 0.2) is 6.20 Å². The van der Waals surface area contributed by atoms with E-state index in [-0.39, 0.29) is 35.6 Å². The van der Waals surface area contributed by atoms with E-state index in [4.69, 9.17) is 0 Å². The molecule has 3 N–H and O–H groups in total. The van der Waals surface area contributed by atoms with E-state index >= 15 is 0 Å². The molecule has 1 spiro atoms. The van der Waals surface area contributed by atoms with Crippen LogP contribution in [0.2, 0.25) is 0 Å². The fourth-order valence-electron chi connectivity index (χ4n) is 6.65. The van der Waals surface area contributed by atoms with Gasteiger partial charge in [-0.15, -0.1) is 0 Å². The summed E-state index contributed by atoms with van der Waals surface area (Å²) >= 11 is 0. The van der Waals surface area contributed by atoms with Crippen molar-refractivity contribution < 1.29 is 24.0 Å². The van der Waals surface area contributed by atoms with Crippen LogP contribution in [0, 0.1) is 17.3 Å². The lowest BCUT2D eigenvalue weighted by atomic mass is 9.83. The summed E-state index contributed by atoms with van der Waals surface area (Å²) in [5.74, 6) is -2.69. The van der Waals surface area contributed by atoms with Crippen molar-refractivity contribution in [2.75, 3.05) is 13.1 Å². The van der Waals surface area contributed by atoms with Crippen molar-refractivity contribution in [3.8, 4) is 0 Å². The minimum atomic E-state index is -1.11. The Morgan fingerprint density at radius 3 is 2.64 bits per heavy atom. The summed E-state index contributed by atoms with van der Waals surface area (Å²) in [6.07, 6.45) is 9.78. The number of aromatic nitrogens is 2. The van der Waals surface area contributed by atoms with Crippen LogP contribution >= 0.6 is 0 Å². The molecule has 3 heterocycles. The Labute approximate surface area is 227 Å². The summed E-state index contributed by atoms with van der Waals surface area (Å²) in [7, 11) is 1.89. The SMILES string of the molecule is Cn1ncc2c1CC(C(=O)N1CCC3(CC3)CC1C(=O)NC(CC1CCNC1=O)C(=O)C(=O)NC1CC1)CC2. The van der Waals surface area contributed by atoms with Gasteiger partial charge in [0, 0.05) is 50.1 Å². The molecule has 3 aliphatic carbocycles. The minimum absolute atomic E-state index is 0.00389. The Morgan fingerprint density at radius 1 is 1.15 bits per heavy atom. The van der Waals surface area contributed by atoms with Crippen LogP contribution in [-0.4, -0.2) is 75.3 Å². The summed E-state index contributed by atoms with van der Waals surface area (Å²) in [4.78, 5) is 67.6. The maximum atomic E-state index is 13.9. The maximum Gasteiger partial charge on any atom is 0.289 e. The number of hydrogen-bond donors (Lipinski definition) is 3. The van der Waals surface area contributed by atoms with Gasteiger partial charge in [-0.2, -0.15) is 5.10 Å². The largest absolute Gasteiger partial charge is 0.356 e. The summed E-state index contributed by atoms with van der Waals surface area (Å²) in [6.45, 7) is 1.03. The Bertz CT molecular complexity index is 1200. The topological polar surface area (TPSA) is 142 Å². The maximum absolute atomic E-state index is 13.9. The van der Waals surface area contributed by atoms with Crippen LogP contribution in [0.1, 0.15) is 69.0 Å². The molecule has 2 saturated heterocycles. The molecule has 4 amide bonds. The highest BCUT2D eigenvalue weighted by molar-refractivity contribution is 6.38. The Balaban J connectivity index is 1.19. The smallest absolute Gasteiger partial charge is 0.289 e. The molecule has 0 bridgehead atoms. The molecule has 0 aromatic carbocycles. The fraction of sp³-hybridized carbons (Fsp3) is 0.714. The summed E-state index contributed by atoms with van der Waals surface area (Å²) in [6, 6.07) is -1.80. The number of Topliss-reactive ketones (excluding diaryl/α,β-unsaturated/α-hetero) is 1. The van der Waals surface area contributed by atoms with E-state index in [1.807, 2.05) is 17.9 Å². The van der Waals surface area contributed by atoms with Gasteiger partial charge >= 0.3 is 0 Å². The molecule has 5 aliphatic rings. The van der Waals surface area contributed by atoms with E-state index in [9.17, 15) is 24.0 Å². The lowest BCUT2D eigenvalue weighted by molar-refractivity contribution is -0.148. The number of aryl methyl sites for hydroxylation is 2. The number of hydrogen-bond acceptors (Lipinski definition) is 6. The molecule has 2 aliphatic heterocycles. The van der Waals surface area contributed by atoms with E-state index in [0.29, 0.717) is 38.8 Å². The number of rotatable bonds is 8. The van der Waals surface area contributed by atoms with Crippen molar-refractivity contribution >= 4 is 29.4 Å². The lowest BCUT2D eigenvalue weighted by Gasteiger charge is -2.41. The molecule has 39 heavy (non-hydrogen) atoms. The van der Waals surface area contributed by atoms with Crippen LogP contribution in [0.3, 0.4) is 0 Å². The van der Waals surface area contributed by atoms with Crippen molar-refractivity contribution in [1.82, 2.24) is 30.6 Å². The zero-order valence-corrected chi connectivity index (χ0v) is 22.5. The molecule has 6 rings (SSSR count). The van der Waals surface area contributed by atoms with Gasteiger partial charge in [0.05, 0.1) is 12.2 Å². The number of likely N-dealkylation sites (tertiary alicyclic amines) is 1. The van der Waals surface area contributed by atoms with Crippen molar-refractivity contribution in [1.29, 1.82) is 0 Å². The van der Waals surface area contributed by atoms with Crippen LogP contribution < -0.4 is 16.0 Å². The van der Waals surface area contributed by atoms with E-state index in [1.54, 1.807) is 4.90 Å². The van der Waals surface area contributed by atoms with Crippen LogP contribution in [0.25, 0.3) is 0 Å². The highest BCUT2D eigenvalue weighted by Gasteiger charge is 2.52. The van der Waals surface area contributed by atoms with E-state index in [2.05, 4.69) is 21.0 Å². The molecule has 4 atom stereocenters. The molecule has 210 valence electrons.